The molecule has 0 radical (unpaired) electrons. The topological polar surface area (TPSA) is 136 Å². The van der Waals surface area contributed by atoms with Crippen LogP contribution in [0, 0.1) is 0 Å². The van der Waals surface area contributed by atoms with E-state index in [1.807, 2.05) is 0 Å². The second-order valence-electron chi connectivity index (χ2n) is 7.61. The van der Waals surface area contributed by atoms with E-state index in [0.29, 0.717) is 47.6 Å². The van der Waals surface area contributed by atoms with Crippen molar-refractivity contribution >= 4 is 28.2 Å². The van der Waals surface area contributed by atoms with Crippen molar-refractivity contribution in [1.29, 1.82) is 0 Å². The SMILES string of the molecule is CCCCCCCC(=O)Nc1cnc(OCC(O)CNCCOc2ccc(C(N)=O)cc2)s1. The van der Waals surface area contributed by atoms with Crippen LogP contribution in [-0.2, 0) is 4.79 Å². The Kier molecular flexibility index (Phi) is 12.2. The van der Waals surface area contributed by atoms with Crippen LogP contribution < -0.4 is 25.8 Å². The molecule has 1 unspecified atom stereocenters. The summed E-state index contributed by atoms with van der Waals surface area (Å²) in [6.45, 7) is 3.51. The van der Waals surface area contributed by atoms with Gasteiger partial charge < -0.3 is 30.9 Å². The molecule has 1 aromatic heterocycles. The first-order valence-corrected chi connectivity index (χ1v) is 12.1. The molecule has 5 N–H and O–H groups in total. The summed E-state index contributed by atoms with van der Waals surface area (Å²) in [6, 6.07) is 6.58. The highest BCUT2D eigenvalue weighted by molar-refractivity contribution is 7.17. The maximum atomic E-state index is 12.0. The Bertz CT molecular complexity index is 844. The molecule has 182 valence electrons. The Hall–Kier alpha value is -2.69. The van der Waals surface area contributed by atoms with E-state index in [-0.39, 0.29) is 12.5 Å². The second kappa shape index (κ2) is 15.2. The molecule has 2 aromatic rings. The molecule has 0 spiro atoms. The molecule has 2 rings (SSSR count). The number of thiazole rings is 1. The van der Waals surface area contributed by atoms with E-state index in [4.69, 9.17) is 15.2 Å². The quantitative estimate of drug-likeness (QED) is 0.257. The first-order valence-electron chi connectivity index (χ1n) is 11.3. The summed E-state index contributed by atoms with van der Waals surface area (Å²) in [5.74, 6) is 0.136. The summed E-state index contributed by atoms with van der Waals surface area (Å²) >= 11 is 1.24. The molecule has 0 aliphatic carbocycles. The lowest BCUT2D eigenvalue weighted by Crippen LogP contribution is -2.33. The van der Waals surface area contributed by atoms with Gasteiger partial charge in [-0.25, -0.2) is 4.98 Å². The van der Waals surface area contributed by atoms with Gasteiger partial charge in [-0.2, -0.15) is 0 Å². The number of anilines is 1. The Morgan fingerprint density at radius 2 is 1.91 bits per heavy atom. The summed E-state index contributed by atoms with van der Waals surface area (Å²) in [5.41, 5.74) is 5.63. The number of aliphatic hydroxyl groups is 1. The second-order valence-corrected chi connectivity index (χ2v) is 8.60. The third-order valence-electron chi connectivity index (χ3n) is 4.72. The minimum Gasteiger partial charge on any atom is -0.492 e. The number of benzene rings is 1. The highest BCUT2D eigenvalue weighted by atomic mass is 32.1. The summed E-state index contributed by atoms with van der Waals surface area (Å²) < 4.78 is 11.1. The van der Waals surface area contributed by atoms with E-state index in [9.17, 15) is 14.7 Å². The highest BCUT2D eigenvalue weighted by Gasteiger charge is 2.10. The van der Waals surface area contributed by atoms with Crippen molar-refractivity contribution in [1.82, 2.24) is 10.3 Å². The first-order chi connectivity index (χ1) is 16.0. The molecule has 0 aliphatic heterocycles. The van der Waals surface area contributed by atoms with Crippen molar-refractivity contribution in [2.45, 2.75) is 51.6 Å². The molecule has 0 saturated carbocycles. The number of hydrogen-bond donors (Lipinski definition) is 4. The van der Waals surface area contributed by atoms with E-state index in [0.717, 1.165) is 12.8 Å². The van der Waals surface area contributed by atoms with Crippen LogP contribution in [0.5, 0.6) is 10.9 Å². The van der Waals surface area contributed by atoms with E-state index < -0.39 is 12.0 Å². The number of aliphatic hydroxyl groups excluding tert-OH is 1. The Labute approximate surface area is 198 Å². The lowest BCUT2D eigenvalue weighted by molar-refractivity contribution is -0.116. The van der Waals surface area contributed by atoms with Gasteiger partial charge in [0.1, 0.15) is 30.1 Å². The zero-order valence-corrected chi connectivity index (χ0v) is 19.9. The lowest BCUT2D eigenvalue weighted by atomic mass is 10.1. The van der Waals surface area contributed by atoms with Crippen molar-refractivity contribution < 1.29 is 24.2 Å². The molecular weight excluding hydrogens is 444 g/mol. The van der Waals surface area contributed by atoms with Crippen molar-refractivity contribution in [3.63, 3.8) is 0 Å². The van der Waals surface area contributed by atoms with Crippen molar-refractivity contribution in [2.24, 2.45) is 5.73 Å². The lowest BCUT2D eigenvalue weighted by Gasteiger charge is -2.12. The number of nitrogens with zero attached hydrogens (tertiary/aromatic N) is 1. The number of aromatic nitrogens is 1. The van der Waals surface area contributed by atoms with Crippen LogP contribution in [0.15, 0.2) is 30.5 Å². The number of unbranched alkanes of at least 4 members (excludes halogenated alkanes) is 4. The van der Waals surface area contributed by atoms with Gasteiger partial charge >= 0.3 is 0 Å². The fourth-order valence-corrected chi connectivity index (χ4v) is 3.61. The molecule has 0 fully saturated rings. The number of ether oxygens (including phenoxy) is 2. The average molecular weight is 479 g/mol. The van der Waals surface area contributed by atoms with Gasteiger partial charge in [0.2, 0.25) is 11.8 Å². The van der Waals surface area contributed by atoms with Crippen LogP contribution in [0.25, 0.3) is 0 Å². The van der Waals surface area contributed by atoms with Gasteiger partial charge in [-0.1, -0.05) is 43.9 Å². The van der Waals surface area contributed by atoms with Crippen LogP contribution in [-0.4, -0.2) is 54.3 Å². The Morgan fingerprint density at radius 3 is 2.64 bits per heavy atom. The third-order valence-corrected chi connectivity index (χ3v) is 5.55. The third kappa shape index (κ3) is 11.1. The average Bonchev–Trinajstić information content (AvgIpc) is 3.24. The van der Waals surface area contributed by atoms with E-state index in [2.05, 4.69) is 22.5 Å². The van der Waals surface area contributed by atoms with Gasteiger partial charge in [-0.3, -0.25) is 9.59 Å². The maximum absolute atomic E-state index is 12.0. The minimum atomic E-state index is -0.718. The van der Waals surface area contributed by atoms with Crippen molar-refractivity contribution in [2.75, 3.05) is 31.6 Å². The van der Waals surface area contributed by atoms with Gasteiger partial charge in [0.15, 0.2) is 0 Å². The number of carbonyl (C=O) groups is 2. The largest absolute Gasteiger partial charge is 0.492 e. The van der Waals surface area contributed by atoms with Gasteiger partial charge in [0, 0.05) is 25.1 Å². The molecule has 0 saturated heterocycles. The van der Waals surface area contributed by atoms with Gasteiger partial charge in [-0.15, -0.1) is 0 Å². The van der Waals surface area contributed by atoms with Gasteiger partial charge in [-0.05, 0) is 30.7 Å². The maximum Gasteiger partial charge on any atom is 0.275 e. The highest BCUT2D eigenvalue weighted by Crippen LogP contribution is 2.25. The molecule has 1 atom stereocenters. The number of primary amides is 1. The fourth-order valence-electron chi connectivity index (χ4n) is 2.92. The normalized spacial score (nSPS) is 11.7. The standard InChI is InChI=1S/C23H34N4O5S/c1-2-3-4-5-6-7-20(29)27-21-15-26-23(33-21)32-16-18(28)14-25-12-13-31-19-10-8-17(9-11-19)22(24)30/h8-11,15,18,25,28H,2-7,12-14,16H2,1H3,(H2,24,30)(H,27,29). The summed E-state index contributed by atoms with van der Waals surface area (Å²) in [4.78, 5) is 27.1. The molecule has 9 nitrogen and oxygen atoms in total. The van der Waals surface area contributed by atoms with E-state index in [1.165, 1.54) is 30.6 Å². The zero-order chi connectivity index (χ0) is 23.9. The smallest absolute Gasteiger partial charge is 0.275 e. The van der Waals surface area contributed by atoms with E-state index >= 15 is 0 Å². The van der Waals surface area contributed by atoms with Crippen LogP contribution in [0.4, 0.5) is 5.00 Å². The number of nitrogens with one attached hydrogen (secondary N) is 2. The molecule has 1 heterocycles. The van der Waals surface area contributed by atoms with Crippen molar-refractivity contribution in [3.05, 3.63) is 36.0 Å². The number of rotatable bonds is 17. The fraction of sp³-hybridized carbons (Fsp3) is 0.522. The Balaban J connectivity index is 1.54. The van der Waals surface area contributed by atoms with E-state index in [1.54, 1.807) is 30.5 Å². The number of carbonyl (C=O) groups excluding carboxylic acids is 2. The van der Waals surface area contributed by atoms with Crippen molar-refractivity contribution in [3.8, 4) is 10.9 Å². The number of hydrogen-bond acceptors (Lipinski definition) is 8. The van der Waals surface area contributed by atoms with Crippen LogP contribution in [0.2, 0.25) is 0 Å². The van der Waals surface area contributed by atoms with Crippen LogP contribution >= 0.6 is 11.3 Å². The number of amides is 2. The number of nitrogens with two attached hydrogens (primary N) is 1. The zero-order valence-electron chi connectivity index (χ0n) is 19.0. The molecule has 2 amide bonds. The predicted molar refractivity (Wildman–Crippen MR) is 129 cm³/mol. The minimum absolute atomic E-state index is 0.0167. The molecule has 1 aromatic carbocycles. The van der Waals surface area contributed by atoms with Gasteiger partial charge in [0.25, 0.3) is 5.19 Å². The summed E-state index contributed by atoms with van der Waals surface area (Å²) in [6.07, 6.45) is 6.87. The Morgan fingerprint density at radius 1 is 1.15 bits per heavy atom. The summed E-state index contributed by atoms with van der Waals surface area (Å²) in [5, 5.41) is 17.0. The first kappa shape index (κ1) is 26.6. The molecule has 33 heavy (non-hydrogen) atoms. The predicted octanol–water partition coefficient (Wildman–Crippen LogP) is 2.95. The van der Waals surface area contributed by atoms with Crippen LogP contribution in [0.1, 0.15) is 55.8 Å². The van der Waals surface area contributed by atoms with Crippen LogP contribution in [0.3, 0.4) is 0 Å². The monoisotopic (exact) mass is 478 g/mol. The summed E-state index contributed by atoms with van der Waals surface area (Å²) in [7, 11) is 0. The molecule has 10 heteroatoms. The molecule has 0 aliphatic rings. The molecule has 0 bridgehead atoms. The van der Waals surface area contributed by atoms with Gasteiger partial charge in [0.05, 0.1) is 6.20 Å². The molecular formula is C23H34N4O5S.